The van der Waals surface area contributed by atoms with Crippen molar-refractivity contribution < 1.29 is 27.2 Å². The largest absolute Gasteiger partial charge is 0.416 e. The zero-order chi connectivity index (χ0) is 23.0. The van der Waals surface area contributed by atoms with Gasteiger partial charge in [-0.1, -0.05) is 0 Å². The number of hydrogen-bond donors (Lipinski definition) is 2. The summed E-state index contributed by atoms with van der Waals surface area (Å²) in [5.41, 5.74) is -1.39. The number of amides is 2. The van der Waals surface area contributed by atoms with Crippen molar-refractivity contribution in [1.82, 2.24) is 15.5 Å². The molecule has 0 heterocycles. The highest BCUT2D eigenvalue weighted by Crippen LogP contribution is 2.31. The molecule has 2 N–H and O–H groups in total. The first-order valence-corrected chi connectivity index (χ1v) is 10.7. The van der Waals surface area contributed by atoms with Crippen molar-refractivity contribution >= 4 is 11.8 Å². The minimum Gasteiger partial charge on any atom is -0.352 e. The molecule has 2 rings (SSSR count). The molecule has 0 spiro atoms. The van der Waals surface area contributed by atoms with Crippen LogP contribution in [0, 0.1) is 5.92 Å². The summed E-state index contributed by atoms with van der Waals surface area (Å²) < 4.78 is 51.8. The molecule has 1 aliphatic carbocycles. The number of likely N-dealkylation sites (N-methyl/N-ethyl adjacent to an activating group) is 1. The monoisotopic (exact) mass is 445 g/mol. The van der Waals surface area contributed by atoms with E-state index in [0.717, 1.165) is 43.9 Å². The van der Waals surface area contributed by atoms with Gasteiger partial charge in [0.15, 0.2) is 0 Å². The van der Waals surface area contributed by atoms with E-state index in [-0.39, 0.29) is 29.0 Å². The van der Waals surface area contributed by atoms with E-state index < -0.39 is 24.3 Å². The third-order valence-electron chi connectivity index (χ3n) is 5.79. The Morgan fingerprint density at radius 2 is 1.71 bits per heavy atom. The van der Waals surface area contributed by atoms with Crippen LogP contribution in [-0.4, -0.2) is 48.9 Å². The molecule has 0 bridgehead atoms. The van der Waals surface area contributed by atoms with Crippen molar-refractivity contribution in [1.29, 1.82) is 0 Å². The summed E-state index contributed by atoms with van der Waals surface area (Å²) in [4.78, 5) is 26.2. The molecular formula is C22H31F4N3O2. The Bertz CT molecular complexity index is 743. The predicted octanol–water partition coefficient (Wildman–Crippen LogP) is 3.92. The Morgan fingerprint density at radius 3 is 2.26 bits per heavy atom. The molecule has 0 unspecified atom stereocenters. The molecule has 1 aromatic rings. The maximum absolute atomic E-state index is 13.0. The maximum atomic E-state index is 13.0. The van der Waals surface area contributed by atoms with E-state index in [1.54, 1.807) is 4.90 Å². The number of benzene rings is 1. The second kappa shape index (κ2) is 11.5. The van der Waals surface area contributed by atoms with Crippen LogP contribution in [0.3, 0.4) is 0 Å². The molecule has 5 nitrogen and oxygen atoms in total. The van der Waals surface area contributed by atoms with Crippen LogP contribution in [0.15, 0.2) is 18.2 Å². The maximum Gasteiger partial charge on any atom is 0.416 e. The molecule has 31 heavy (non-hydrogen) atoms. The van der Waals surface area contributed by atoms with Crippen molar-refractivity contribution in [3.8, 4) is 0 Å². The highest BCUT2D eigenvalue weighted by Gasteiger charge is 2.32. The summed E-state index contributed by atoms with van der Waals surface area (Å²) >= 11 is 0. The summed E-state index contributed by atoms with van der Waals surface area (Å²) in [6.07, 6.45) is -1.23. The summed E-state index contributed by atoms with van der Waals surface area (Å²) in [7, 11) is 0. The van der Waals surface area contributed by atoms with Crippen molar-refractivity contribution in [3.63, 3.8) is 0 Å². The zero-order valence-corrected chi connectivity index (χ0v) is 18.0. The quantitative estimate of drug-likeness (QED) is 0.567. The predicted molar refractivity (Wildman–Crippen MR) is 110 cm³/mol. The lowest BCUT2D eigenvalue weighted by atomic mass is 9.86. The summed E-state index contributed by atoms with van der Waals surface area (Å²) in [5.74, 6) is -0.342. The molecule has 0 radical (unpaired) electrons. The van der Waals surface area contributed by atoms with E-state index in [0.29, 0.717) is 26.2 Å². The molecular weight excluding hydrogens is 414 g/mol. The Hall–Kier alpha value is -2.16. The third kappa shape index (κ3) is 7.48. The highest BCUT2D eigenvalue weighted by atomic mass is 19.4. The van der Waals surface area contributed by atoms with Crippen LogP contribution in [0.25, 0.3) is 0 Å². The molecule has 2 amide bonds. The standard InChI is InChI=1S/C22H31F4N3O2/c1-3-29(4-2)20(30)14-27-19-7-5-15(6-8-19)13-28-21(31)17-9-16(12-23)10-18(11-17)22(24,25)26/h9-11,15,19,27H,3-8,12-14H2,1-2H3,(H,28,31)/t15-,19+. The van der Waals surface area contributed by atoms with E-state index in [2.05, 4.69) is 10.6 Å². The SMILES string of the molecule is CCN(CC)C(=O)CN[C@H]1CC[C@@H](CNC(=O)c2cc(CF)cc(C(F)(F)F)c2)CC1. The van der Waals surface area contributed by atoms with Gasteiger partial charge in [-0.15, -0.1) is 0 Å². The van der Waals surface area contributed by atoms with E-state index in [9.17, 15) is 27.2 Å². The fourth-order valence-electron chi connectivity index (χ4n) is 3.89. The average molecular weight is 446 g/mol. The number of carbonyl (C=O) groups excluding carboxylic acids is 2. The van der Waals surface area contributed by atoms with E-state index in [4.69, 9.17) is 0 Å². The molecule has 0 saturated heterocycles. The topological polar surface area (TPSA) is 61.4 Å². The highest BCUT2D eigenvalue weighted by molar-refractivity contribution is 5.94. The van der Waals surface area contributed by atoms with Gasteiger partial charge in [0, 0.05) is 31.2 Å². The minimum atomic E-state index is -4.64. The Balaban J connectivity index is 1.81. The Labute approximate surface area is 180 Å². The van der Waals surface area contributed by atoms with Gasteiger partial charge in [0.25, 0.3) is 5.91 Å². The van der Waals surface area contributed by atoms with Crippen LogP contribution in [0.5, 0.6) is 0 Å². The second-order valence-corrected chi connectivity index (χ2v) is 7.92. The molecule has 1 saturated carbocycles. The Morgan fingerprint density at radius 1 is 1.06 bits per heavy atom. The summed E-state index contributed by atoms with van der Waals surface area (Å²) in [5, 5.41) is 5.98. The van der Waals surface area contributed by atoms with Crippen molar-refractivity contribution in [2.24, 2.45) is 5.92 Å². The van der Waals surface area contributed by atoms with Crippen LogP contribution in [0.4, 0.5) is 17.6 Å². The zero-order valence-electron chi connectivity index (χ0n) is 18.0. The van der Waals surface area contributed by atoms with E-state index >= 15 is 0 Å². The van der Waals surface area contributed by atoms with Gasteiger partial charge in [-0.3, -0.25) is 9.59 Å². The molecule has 1 fully saturated rings. The van der Waals surface area contributed by atoms with Gasteiger partial charge in [-0.2, -0.15) is 13.2 Å². The lowest BCUT2D eigenvalue weighted by Crippen LogP contribution is -2.43. The van der Waals surface area contributed by atoms with Crippen LogP contribution >= 0.6 is 0 Å². The molecule has 0 aromatic heterocycles. The number of halogens is 4. The van der Waals surface area contributed by atoms with Gasteiger partial charge in [-0.25, -0.2) is 4.39 Å². The lowest BCUT2D eigenvalue weighted by Gasteiger charge is -2.30. The minimum absolute atomic E-state index is 0.0770. The number of rotatable bonds is 9. The van der Waals surface area contributed by atoms with Gasteiger partial charge >= 0.3 is 6.18 Å². The van der Waals surface area contributed by atoms with Crippen molar-refractivity contribution in [2.75, 3.05) is 26.2 Å². The van der Waals surface area contributed by atoms with Gasteiger partial charge in [-0.05, 0) is 69.2 Å². The Kier molecular flexibility index (Phi) is 9.28. The molecule has 1 aromatic carbocycles. The van der Waals surface area contributed by atoms with E-state index in [1.165, 1.54) is 0 Å². The lowest BCUT2D eigenvalue weighted by molar-refractivity contribution is -0.137. The van der Waals surface area contributed by atoms with Gasteiger partial charge < -0.3 is 15.5 Å². The molecule has 0 aliphatic heterocycles. The number of hydrogen-bond acceptors (Lipinski definition) is 3. The second-order valence-electron chi connectivity index (χ2n) is 7.92. The average Bonchev–Trinajstić information content (AvgIpc) is 2.76. The number of nitrogens with zero attached hydrogens (tertiary/aromatic N) is 1. The molecule has 1 aliphatic rings. The van der Waals surface area contributed by atoms with Gasteiger partial charge in [0.2, 0.25) is 5.91 Å². The van der Waals surface area contributed by atoms with Crippen LogP contribution in [-0.2, 0) is 17.6 Å². The fourth-order valence-corrected chi connectivity index (χ4v) is 3.89. The van der Waals surface area contributed by atoms with Crippen LogP contribution < -0.4 is 10.6 Å². The van der Waals surface area contributed by atoms with Crippen molar-refractivity contribution in [2.45, 2.75) is 58.4 Å². The molecule has 0 atom stereocenters. The smallest absolute Gasteiger partial charge is 0.352 e. The number of carbonyl (C=O) groups is 2. The third-order valence-corrected chi connectivity index (χ3v) is 5.79. The first-order chi connectivity index (χ1) is 14.7. The van der Waals surface area contributed by atoms with Gasteiger partial charge in [0.05, 0.1) is 12.1 Å². The fraction of sp³-hybridized carbons (Fsp3) is 0.636. The van der Waals surface area contributed by atoms with Crippen LogP contribution in [0.1, 0.15) is 61.0 Å². The molecule has 9 heteroatoms. The van der Waals surface area contributed by atoms with Crippen molar-refractivity contribution in [3.05, 3.63) is 34.9 Å². The number of alkyl halides is 4. The first kappa shape index (κ1) is 25.1. The summed E-state index contributed by atoms with van der Waals surface area (Å²) in [6.45, 7) is 4.84. The number of nitrogens with one attached hydrogen (secondary N) is 2. The normalized spacial score (nSPS) is 19.2. The van der Waals surface area contributed by atoms with E-state index in [1.807, 2.05) is 13.8 Å². The first-order valence-electron chi connectivity index (χ1n) is 10.7. The molecule has 174 valence electrons. The van der Waals surface area contributed by atoms with Crippen LogP contribution in [0.2, 0.25) is 0 Å². The summed E-state index contributed by atoms with van der Waals surface area (Å²) in [6, 6.07) is 2.86. The van der Waals surface area contributed by atoms with Gasteiger partial charge in [0.1, 0.15) is 6.67 Å².